The first-order valence-corrected chi connectivity index (χ1v) is 12.7. The SMILES string of the molecule is Cc1csc(Sc2ccc(NC(=O)CN(c3ccccc3C)S(C)(=O)=O)c(C)c2)n1. The van der Waals surface area contributed by atoms with Crippen molar-refractivity contribution in [3.63, 3.8) is 0 Å². The van der Waals surface area contributed by atoms with Crippen LogP contribution in [0.15, 0.2) is 57.1 Å². The first kappa shape index (κ1) is 22.3. The first-order valence-electron chi connectivity index (χ1n) is 9.17. The molecule has 1 aromatic heterocycles. The number of hydrogen-bond donors (Lipinski definition) is 1. The van der Waals surface area contributed by atoms with Crippen molar-refractivity contribution in [1.82, 2.24) is 4.98 Å². The van der Waals surface area contributed by atoms with Gasteiger partial charge >= 0.3 is 0 Å². The summed E-state index contributed by atoms with van der Waals surface area (Å²) in [5.74, 6) is -0.400. The van der Waals surface area contributed by atoms with Crippen molar-refractivity contribution in [2.75, 3.05) is 22.4 Å². The molecule has 0 spiro atoms. The maximum Gasteiger partial charge on any atom is 0.245 e. The van der Waals surface area contributed by atoms with Gasteiger partial charge in [0, 0.05) is 21.7 Å². The number of carbonyl (C=O) groups is 1. The molecule has 3 aromatic rings. The molecule has 1 N–H and O–H groups in total. The summed E-state index contributed by atoms with van der Waals surface area (Å²) in [7, 11) is -3.61. The second kappa shape index (κ2) is 9.20. The molecule has 0 fully saturated rings. The second-order valence-corrected chi connectivity index (χ2v) is 11.0. The van der Waals surface area contributed by atoms with E-state index in [0.717, 1.165) is 36.6 Å². The van der Waals surface area contributed by atoms with Crippen molar-refractivity contribution in [3.8, 4) is 0 Å². The molecule has 2 aromatic carbocycles. The summed E-state index contributed by atoms with van der Waals surface area (Å²) in [6.07, 6.45) is 1.10. The van der Waals surface area contributed by atoms with Crippen LogP contribution in [0.3, 0.4) is 0 Å². The smallest absolute Gasteiger partial charge is 0.245 e. The molecule has 1 heterocycles. The first-order chi connectivity index (χ1) is 14.1. The number of nitrogens with zero attached hydrogens (tertiary/aromatic N) is 2. The standard InChI is InChI=1S/C21H23N3O3S3/c1-14-7-5-6-8-19(14)24(30(4,26)27)12-20(25)23-18-10-9-17(11-15(18)2)29-21-22-16(3)13-28-21/h5-11,13H,12H2,1-4H3,(H,23,25). The normalized spacial score (nSPS) is 11.3. The minimum absolute atomic E-state index is 0.294. The Bertz CT molecular complexity index is 1170. The van der Waals surface area contributed by atoms with Crippen molar-refractivity contribution in [1.29, 1.82) is 0 Å². The van der Waals surface area contributed by atoms with Gasteiger partial charge in [0.05, 0.1) is 11.9 Å². The molecule has 9 heteroatoms. The highest BCUT2D eigenvalue weighted by atomic mass is 32.2. The number of hydrogen-bond acceptors (Lipinski definition) is 6. The number of aryl methyl sites for hydroxylation is 3. The van der Waals surface area contributed by atoms with Crippen LogP contribution in [0.5, 0.6) is 0 Å². The van der Waals surface area contributed by atoms with Crippen molar-refractivity contribution in [3.05, 3.63) is 64.7 Å². The van der Waals surface area contributed by atoms with Crippen LogP contribution >= 0.6 is 23.1 Å². The lowest BCUT2D eigenvalue weighted by molar-refractivity contribution is -0.114. The zero-order chi connectivity index (χ0) is 21.9. The number of thiazole rings is 1. The van der Waals surface area contributed by atoms with Gasteiger partial charge in [-0.05, 0) is 56.2 Å². The van der Waals surface area contributed by atoms with Gasteiger partial charge in [-0.25, -0.2) is 13.4 Å². The van der Waals surface area contributed by atoms with E-state index in [9.17, 15) is 13.2 Å². The zero-order valence-electron chi connectivity index (χ0n) is 17.2. The van der Waals surface area contributed by atoms with E-state index in [0.29, 0.717) is 11.4 Å². The van der Waals surface area contributed by atoms with E-state index in [4.69, 9.17) is 0 Å². The number of anilines is 2. The van der Waals surface area contributed by atoms with Gasteiger partial charge in [0.15, 0.2) is 4.34 Å². The van der Waals surface area contributed by atoms with Crippen LogP contribution in [0.1, 0.15) is 16.8 Å². The van der Waals surface area contributed by atoms with Crippen LogP contribution in [0, 0.1) is 20.8 Å². The number of rotatable bonds is 7. The maximum absolute atomic E-state index is 12.7. The summed E-state index contributed by atoms with van der Waals surface area (Å²) in [5, 5.41) is 4.84. The molecule has 0 aliphatic rings. The minimum atomic E-state index is -3.61. The number of nitrogens with one attached hydrogen (secondary N) is 1. The molecule has 0 aliphatic carbocycles. The number of para-hydroxylation sites is 1. The predicted octanol–water partition coefficient (Wildman–Crippen LogP) is 4.62. The second-order valence-electron chi connectivity index (χ2n) is 6.94. The van der Waals surface area contributed by atoms with Crippen molar-refractivity contribution < 1.29 is 13.2 Å². The third-order valence-corrected chi connectivity index (χ3v) is 7.52. The van der Waals surface area contributed by atoms with E-state index >= 15 is 0 Å². The molecule has 0 radical (unpaired) electrons. The van der Waals surface area contributed by atoms with Crippen molar-refractivity contribution in [2.24, 2.45) is 0 Å². The van der Waals surface area contributed by atoms with Gasteiger partial charge in [-0.1, -0.05) is 30.0 Å². The van der Waals surface area contributed by atoms with E-state index < -0.39 is 15.9 Å². The fourth-order valence-corrected chi connectivity index (χ4v) is 5.69. The van der Waals surface area contributed by atoms with Gasteiger partial charge in [0.25, 0.3) is 0 Å². The molecule has 0 atom stereocenters. The fraction of sp³-hybridized carbons (Fsp3) is 0.238. The summed E-state index contributed by atoms with van der Waals surface area (Å²) in [6.45, 7) is 5.39. The molecule has 0 unspecified atom stereocenters. The molecule has 0 saturated carbocycles. The molecule has 6 nitrogen and oxygen atoms in total. The Morgan fingerprint density at radius 2 is 1.87 bits per heavy atom. The average molecular weight is 462 g/mol. The Balaban J connectivity index is 1.73. The van der Waals surface area contributed by atoms with E-state index in [1.165, 1.54) is 0 Å². The molecule has 158 valence electrons. The van der Waals surface area contributed by atoms with Crippen LogP contribution in [0.4, 0.5) is 11.4 Å². The summed E-state index contributed by atoms with van der Waals surface area (Å²) in [6, 6.07) is 12.8. The number of carbonyl (C=O) groups excluding carboxylic acids is 1. The molecule has 30 heavy (non-hydrogen) atoms. The van der Waals surface area contributed by atoms with Gasteiger partial charge in [-0.2, -0.15) is 0 Å². The van der Waals surface area contributed by atoms with Gasteiger partial charge < -0.3 is 5.32 Å². The van der Waals surface area contributed by atoms with Crippen LogP contribution < -0.4 is 9.62 Å². The Morgan fingerprint density at radius 3 is 2.47 bits per heavy atom. The van der Waals surface area contributed by atoms with Crippen LogP contribution in [0.2, 0.25) is 0 Å². The molecule has 0 saturated heterocycles. The van der Waals surface area contributed by atoms with E-state index in [1.54, 1.807) is 35.2 Å². The number of aromatic nitrogens is 1. The maximum atomic E-state index is 12.7. The van der Waals surface area contributed by atoms with Crippen molar-refractivity contribution in [2.45, 2.75) is 30.0 Å². The van der Waals surface area contributed by atoms with Gasteiger partial charge in [-0.15, -0.1) is 11.3 Å². The average Bonchev–Trinajstić information content (AvgIpc) is 3.06. The van der Waals surface area contributed by atoms with Crippen molar-refractivity contribution >= 4 is 50.4 Å². The topological polar surface area (TPSA) is 79.4 Å². The van der Waals surface area contributed by atoms with Crippen LogP contribution in [0.25, 0.3) is 0 Å². The lowest BCUT2D eigenvalue weighted by Gasteiger charge is -2.23. The van der Waals surface area contributed by atoms with Crippen LogP contribution in [-0.4, -0.2) is 32.1 Å². The Morgan fingerprint density at radius 1 is 1.13 bits per heavy atom. The lowest BCUT2D eigenvalue weighted by Crippen LogP contribution is -2.37. The fourth-order valence-electron chi connectivity index (χ4n) is 2.86. The van der Waals surface area contributed by atoms with E-state index in [1.807, 2.05) is 56.5 Å². The van der Waals surface area contributed by atoms with Crippen LogP contribution in [-0.2, 0) is 14.8 Å². The highest BCUT2D eigenvalue weighted by molar-refractivity contribution is 8.01. The highest BCUT2D eigenvalue weighted by Gasteiger charge is 2.22. The van der Waals surface area contributed by atoms with E-state index in [-0.39, 0.29) is 6.54 Å². The van der Waals surface area contributed by atoms with Gasteiger partial charge in [-0.3, -0.25) is 9.10 Å². The summed E-state index contributed by atoms with van der Waals surface area (Å²) in [4.78, 5) is 18.1. The largest absolute Gasteiger partial charge is 0.324 e. The highest BCUT2D eigenvalue weighted by Crippen LogP contribution is 2.32. The van der Waals surface area contributed by atoms with Gasteiger partial charge in [0.1, 0.15) is 6.54 Å². The molecular weight excluding hydrogens is 438 g/mol. The quantitative estimate of drug-likeness (QED) is 0.555. The molecule has 0 aliphatic heterocycles. The third kappa shape index (κ3) is 5.62. The molecular formula is C21H23N3O3S3. The van der Waals surface area contributed by atoms with Gasteiger partial charge in [0.2, 0.25) is 15.9 Å². The molecule has 3 rings (SSSR count). The molecule has 0 bridgehead atoms. The Kier molecular flexibility index (Phi) is 6.84. The third-order valence-electron chi connectivity index (χ3n) is 4.35. The predicted molar refractivity (Wildman–Crippen MR) is 124 cm³/mol. The zero-order valence-corrected chi connectivity index (χ0v) is 19.6. The summed E-state index contributed by atoms with van der Waals surface area (Å²) in [5.41, 5.74) is 3.82. The summed E-state index contributed by atoms with van der Waals surface area (Å²) >= 11 is 3.16. The monoisotopic (exact) mass is 461 g/mol. The minimum Gasteiger partial charge on any atom is -0.324 e. The Labute approximate surface area is 185 Å². The summed E-state index contributed by atoms with van der Waals surface area (Å²) < 4.78 is 26.7. The number of benzene rings is 2. The number of amides is 1. The molecule has 1 amide bonds. The Hall–Kier alpha value is -2.36. The lowest BCUT2D eigenvalue weighted by atomic mass is 10.2. The van der Waals surface area contributed by atoms with E-state index in [2.05, 4.69) is 10.3 Å². The number of sulfonamides is 1.